The molecule has 168 valence electrons. The standard InChI is InChI=1S/C21H23F3N2O4S/c1-14-3-6-17(31(2,28)29)12-18(14)20(27)25-13-15-4-5-16(11-19(15)21(22,23)24)26-7-9-30-10-8-26/h3-6,11-12H,7-10,13H2,1-2H3,(H,25,27). The summed E-state index contributed by atoms with van der Waals surface area (Å²) in [6.07, 6.45) is -3.57. The molecule has 2 aromatic rings. The van der Waals surface area contributed by atoms with Gasteiger partial charge in [0, 0.05) is 37.1 Å². The third-order valence-corrected chi connectivity index (χ3v) is 6.21. The normalized spacial score (nSPS) is 15.1. The number of hydrogen-bond acceptors (Lipinski definition) is 5. The molecule has 1 aliphatic rings. The number of amides is 1. The minimum Gasteiger partial charge on any atom is -0.378 e. The quantitative estimate of drug-likeness (QED) is 0.748. The Morgan fingerprint density at radius 1 is 1.13 bits per heavy atom. The Kier molecular flexibility index (Phi) is 6.61. The molecule has 31 heavy (non-hydrogen) atoms. The number of alkyl halides is 3. The van der Waals surface area contributed by atoms with E-state index in [4.69, 9.17) is 4.74 Å². The molecule has 10 heteroatoms. The molecule has 3 rings (SSSR count). The van der Waals surface area contributed by atoms with Crippen molar-refractivity contribution in [2.75, 3.05) is 37.5 Å². The summed E-state index contributed by atoms with van der Waals surface area (Å²) in [4.78, 5) is 14.4. The lowest BCUT2D eigenvalue weighted by Crippen LogP contribution is -2.36. The van der Waals surface area contributed by atoms with Gasteiger partial charge in [0.25, 0.3) is 5.91 Å². The van der Waals surface area contributed by atoms with Crippen molar-refractivity contribution in [3.8, 4) is 0 Å². The number of nitrogens with one attached hydrogen (secondary N) is 1. The van der Waals surface area contributed by atoms with E-state index in [-0.39, 0.29) is 22.6 Å². The number of sulfone groups is 1. The Morgan fingerprint density at radius 3 is 2.42 bits per heavy atom. The van der Waals surface area contributed by atoms with Gasteiger partial charge in [-0.15, -0.1) is 0 Å². The number of ether oxygens (including phenoxy) is 1. The van der Waals surface area contributed by atoms with Crippen LogP contribution in [0.1, 0.15) is 27.0 Å². The highest BCUT2D eigenvalue weighted by Gasteiger charge is 2.34. The summed E-state index contributed by atoms with van der Waals surface area (Å²) in [5, 5.41) is 2.48. The van der Waals surface area contributed by atoms with Crippen LogP contribution in [0.15, 0.2) is 41.3 Å². The summed E-state index contributed by atoms with van der Waals surface area (Å²) in [6, 6.07) is 8.14. The SMILES string of the molecule is Cc1ccc(S(C)(=O)=O)cc1C(=O)NCc1ccc(N2CCOCC2)cc1C(F)(F)F. The first-order chi connectivity index (χ1) is 14.5. The van der Waals surface area contributed by atoms with Crippen molar-refractivity contribution in [1.82, 2.24) is 5.32 Å². The zero-order valence-electron chi connectivity index (χ0n) is 17.1. The Balaban J connectivity index is 1.83. The molecular weight excluding hydrogens is 433 g/mol. The minimum absolute atomic E-state index is 0.0332. The van der Waals surface area contributed by atoms with Crippen LogP contribution in [-0.2, 0) is 27.3 Å². The molecule has 1 fully saturated rings. The number of morpholine rings is 1. The van der Waals surface area contributed by atoms with E-state index in [1.807, 2.05) is 4.90 Å². The van der Waals surface area contributed by atoms with E-state index in [1.165, 1.54) is 24.3 Å². The van der Waals surface area contributed by atoms with Gasteiger partial charge in [-0.05, 0) is 42.3 Å². The van der Waals surface area contributed by atoms with Crippen molar-refractivity contribution in [3.63, 3.8) is 0 Å². The highest BCUT2D eigenvalue weighted by molar-refractivity contribution is 7.90. The van der Waals surface area contributed by atoms with Crippen molar-refractivity contribution in [1.29, 1.82) is 0 Å². The van der Waals surface area contributed by atoms with Crippen LogP contribution >= 0.6 is 0 Å². The van der Waals surface area contributed by atoms with Gasteiger partial charge in [0.15, 0.2) is 9.84 Å². The number of benzene rings is 2. The lowest BCUT2D eigenvalue weighted by atomic mass is 10.0. The fourth-order valence-electron chi connectivity index (χ4n) is 3.35. The molecule has 0 aromatic heterocycles. The Bertz CT molecular complexity index is 1080. The van der Waals surface area contributed by atoms with E-state index in [2.05, 4.69) is 5.32 Å². The molecule has 1 heterocycles. The molecular formula is C21H23F3N2O4S. The van der Waals surface area contributed by atoms with E-state index in [1.54, 1.807) is 13.0 Å². The Morgan fingerprint density at radius 2 is 1.81 bits per heavy atom. The number of hydrogen-bond donors (Lipinski definition) is 1. The molecule has 0 aliphatic carbocycles. The third kappa shape index (κ3) is 5.56. The average Bonchev–Trinajstić information content (AvgIpc) is 2.71. The lowest BCUT2D eigenvalue weighted by molar-refractivity contribution is -0.138. The number of rotatable bonds is 5. The lowest BCUT2D eigenvalue weighted by Gasteiger charge is -2.29. The number of carbonyl (C=O) groups excluding carboxylic acids is 1. The monoisotopic (exact) mass is 456 g/mol. The molecule has 0 spiro atoms. The summed E-state index contributed by atoms with van der Waals surface area (Å²) in [7, 11) is -3.53. The van der Waals surface area contributed by atoms with Crippen molar-refractivity contribution < 1.29 is 31.1 Å². The summed E-state index contributed by atoms with van der Waals surface area (Å²) >= 11 is 0. The molecule has 0 radical (unpaired) electrons. The van der Waals surface area contributed by atoms with Crippen LogP contribution in [0.25, 0.3) is 0 Å². The largest absolute Gasteiger partial charge is 0.416 e. The van der Waals surface area contributed by atoms with Gasteiger partial charge in [-0.2, -0.15) is 13.2 Å². The van der Waals surface area contributed by atoms with Crippen LogP contribution < -0.4 is 10.2 Å². The third-order valence-electron chi connectivity index (χ3n) is 5.10. The van der Waals surface area contributed by atoms with Crippen molar-refractivity contribution >= 4 is 21.4 Å². The predicted molar refractivity (Wildman–Crippen MR) is 110 cm³/mol. The van der Waals surface area contributed by atoms with Gasteiger partial charge in [-0.3, -0.25) is 4.79 Å². The number of nitrogens with zero attached hydrogens (tertiary/aromatic N) is 1. The fraction of sp³-hybridized carbons (Fsp3) is 0.381. The molecule has 2 aromatic carbocycles. The summed E-state index contributed by atoms with van der Waals surface area (Å²) in [5.41, 5.74) is 0.167. The van der Waals surface area contributed by atoms with Crippen LogP contribution in [0.3, 0.4) is 0 Å². The van der Waals surface area contributed by atoms with E-state index in [0.29, 0.717) is 37.6 Å². The Hall–Kier alpha value is -2.59. The summed E-state index contributed by atoms with van der Waals surface area (Å²) in [6.45, 7) is 3.18. The number of aryl methyl sites for hydroxylation is 1. The highest BCUT2D eigenvalue weighted by Crippen LogP contribution is 2.35. The van der Waals surface area contributed by atoms with Crippen LogP contribution in [-0.4, -0.2) is 46.9 Å². The minimum atomic E-state index is -4.59. The fourth-order valence-corrected chi connectivity index (χ4v) is 4.00. The van der Waals surface area contributed by atoms with E-state index < -0.39 is 27.5 Å². The van der Waals surface area contributed by atoms with Gasteiger partial charge in [-0.1, -0.05) is 12.1 Å². The van der Waals surface area contributed by atoms with Gasteiger partial charge < -0.3 is 15.0 Å². The molecule has 0 atom stereocenters. The second-order valence-corrected chi connectivity index (χ2v) is 9.39. The van der Waals surface area contributed by atoms with Gasteiger partial charge in [0.1, 0.15) is 0 Å². The number of anilines is 1. The van der Waals surface area contributed by atoms with Crippen molar-refractivity contribution in [3.05, 3.63) is 58.7 Å². The maximum absolute atomic E-state index is 13.7. The molecule has 0 saturated carbocycles. The molecule has 0 unspecified atom stereocenters. The van der Waals surface area contributed by atoms with Crippen LogP contribution in [0.5, 0.6) is 0 Å². The zero-order valence-corrected chi connectivity index (χ0v) is 17.9. The van der Waals surface area contributed by atoms with Crippen LogP contribution in [0.4, 0.5) is 18.9 Å². The first kappa shape index (κ1) is 23.1. The zero-order chi connectivity index (χ0) is 22.8. The summed E-state index contributed by atoms with van der Waals surface area (Å²) < 4.78 is 69.7. The van der Waals surface area contributed by atoms with Crippen LogP contribution in [0, 0.1) is 6.92 Å². The van der Waals surface area contributed by atoms with Gasteiger partial charge in [0.05, 0.1) is 23.7 Å². The van der Waals surface area contributed by atoms with E-state index in [9.17, 15) is 26.4 Å². The second kappa shape index (κ2) is 8.88. The second-order valence-electron chi connectivity index (χ2n) is 7.37. The molecule has 1 amide bonds. The first-order valence-corrected chi connectivity index (χ1v) is 11.5. The maximum Gasteiger partial charge on any atom is 0.416 e. The van der Waals surface area contributed by atoms with E-state index >= 15 is 0 Å². The van der Waals surface area contributed by atoms with Crippen molar-refractivity contribution in [2.24, 2.45) is 0 Å². The van der Waals surface area contributed by atoms with Crippen LogP contribution in [0.2, 0.25) is 0 Å². The highest BCUT2D eigenvalue weighted by atomic mass is 32.2. The maximum atomic E-state index is 13.7. The van der Waals surface area contributed by atoms with Gasteiger partial charge in [0.2, 0.25) is 0 Å². The molecule has 1 N–H and O–H groups in total. The van der Waals surface area contributed by atoms with Crippen molar-refractivity contribution in [2.45, 2.75) is 24.5 Å². The topological polar surface area (TPSA) is 75.7 Å². The van der Waals surface area contributed by atoms with Gasteiger partial charge in [-0.25, -0.2) is 8.42 Å². The molecule has 0 bridgehead atoms. The molecule has 1 saturated heterocycles. The smallest absolute Gasteiger partial charge is 0.378 e. The molecule has 1 aliphatic heterocycles. The Labute approximate surface area is 178 Å². The predicted octanol–water partition coefficient (Wildman–Crippen LogP) is 3.18. The van der Waals surface area contributed by atoms with E-state index in [0.717, 1.165) is 12.3 Å². The molecule has 6 nitrogen and oxygen atoms in total. The number of halogens is 3. The van der Waals surface area contributed by atoms with Gasteiger partial charge >= 0.3 is 6.18 Å². The number of carbonyl (C=O) groups is 1. The average molecular weight is 456 g/mol. The first-order valence-electron chi connectivity index (χ1n) is 9.58. The summed E-state index contributed by atoms with van der Waals surface area (Å²) in [5.74, 6) is -0.645.